The van der Waals surface area contributed by atoms with Gasteiger partial charge in [-0.1, -0.05) is 24.6 Å². The molecule has 1 aromatic rings. The molecule has 1 aliphatic rings. The van der Waals surface area contributed by atoms with Crippen molar-refractivity contribution < 1.29 is 14.5 Å². The van der Waals surface area contributed by atoms with Gasteiger partial charge in [-0.05, 0) is 44.2 Å². The summed E-state index contributed by atoms with van der Waals surface area (Å²) in [5.74, 6) is 0.534. The number of carbonyl (C=O) groups excluding carboxylic acids is 2. The maximum atomic E-state index is 11.9. The summed E-state index contributed by atoms with van der Waals surface area (Å²) in [6.45, 7) is 8.56. The number of amides is 3. The fraction of sp³-hybridized carbons (Fsp3) is 0.529. The summed E-state index contributed by atoms with van der Waals surface area (Å²) in [5.41, 5.74) is 2.86. The van der Waals surface area contributed by atoms with Gasteiger partial charge in [0.25, 0.3) is 5.91 Å². The standard InChI is InChI=1S/C17H25N3O2/c1-12-6-8-20(9-7-12)11-16(21)19-17(22)18-15-5-4-13(2)10-14(15)3/h4-5,10,12H,6-9,11H2,1-3H3,(H2,18,19,21,22)/p+1. The van der Waals surface area contributed by atoms with Crippen LogP contribution in [0.1, 0.15) is 30.9 Å². The number of quaternary nitrogens is 1. The Labute approximate surface area is 132 Å². The molecule has 1 aromatic carbocycles. The van der Waals surface area contributed by atoms with Gasteiger partial charge in [-0.2, -0.15) is 0 Å². The van der Waals surface area contributed by atoms with Crippen LogP contribution in [0, 0.1) is 19.8 Å². The Hall–Kier alpha value is -1.88. The molecule has 1 saturated heterocycles. The molecule has 3 amide bonds. The Morgan fingerprint density at radius 1 is 1.23 bits per heavy atom. The molecule has 0 aliphatic carbocycles. The Morgan fingerprint density at radius 2 is 1.91 bits per heavy atom. The van der Waals surface area contributed by atoms with Gasteiger partial charge in [0, 0.05) is 5.69 Å². The van der Waals surface area contributed by atoms with Crippen molar-refractivity contribution in [3.63, 3.8) is 0 Å². The van der Waals surface area contributed by atoms with Gasteiger partial charge in [0.05, 0.1) is 13.1 Å². The molecule has 0 saturated carbocycles. The number of likely N-dealkylation sites (tertiary alicyclic amines) is 1. The first kappa shape index (κ1) is 16.5. The van der Waals surface area contributed by atoms with Crippen LogP contribution in [0.25, 0.3) is 0 Å². The van der Waals surface area contributed by atoms with Gasteiger partial charge in [0.2, 0.25) is 0 Å². The quantitative estimate of drug-likeness (QED) is 0.787. The topological polar surface area (TPSA) is 62.6 Å². The Morgan fingerprint density at radius 3 is 2.55 bits per heavy atom. The Bertz CT molecular complexity index is 549. The number of piperidine rings is 1. The van der Waals surface area contributed by atoms with Gasteiger partial charge in [0.1, 0.15) is 0 Å². The molecule has 0 aromatic heterocycles. The minimum Gasteiger partial charge on any atom is -0.327 e. The predicted molar refractivity (Wildman–Crippen MR) is 87.0 cm³/mol. The fourth-order valence-corrected chi connectivity index (χ4v) is 2.85. The first-order chi connectivity index (χ1) is 10.4. The van der Waals surface area contributed by atoms with Crippen LogP contribution in [-0.4, -0.2) is 31.6 Å². The van der Waals surface area contributed by atoms with Crippen molar-refractivity contribution in [1.82, 2.24) is 5.32 Å². The number of benzene rings is 1. The number of nitrogens with one attached hydrogen (secondary N) is 3. The summed E-state index contributed by atoms with van der Waals surface area (Å²) in [6.07, 6.45) is 2.30. The monoisotopic (exact) mass is 304 g/mol. The lowest BCUT2D eigenvalue weighted by molar-refractivity contribution is -0.898. The van der Waals surface area contributed by atoms with Gasteiger partial charge >= 0.3 is 6.03 Å². The lowest BCUT2D eigenvalue weighted by atomic mass is 9.99. The van der Waals surface area contributed by atoms with Gasteiger partial charge in [-0.25, -0.2) is 4.79 Å². The Balaban J connectivity index is 1.80. The molecule has 1 fully saturated rings. The molecule has 3 N–H and O–H groups in total. The molecule has 5 nitrogen and oxygen atoms in total. The van der Waals surface area contributed by atoms with E-state index in [1.54, 1.807) is 0 Å². The normalized spacial score (nSPS) is 21.2. The van der Waals surface area contributed by atoms with Crippen LogP contribution < -0.4 is 15.5 Å². The van der Waals surface area contributed by atoms with E-state index in [4.69, 9.17) is 0 Å². The molecule has 0 radical (unpaired) electrons. The molecule has 120 valence electrons. The lowest BCUT2D eigenvalue weighted by Gasteiger charge is -2.26. The van der Waals surface area contributed by atoms with E-state index in [1.807, 2.05) is 32.0 Å². The van der Waals surface area contributed by atoms with Crippen LogP contribution >= 0.6 is 0 Å². The molecule has 0 atom stereocenters. The first-order valence-electron chi connectivity index (χ1n) is 7.95. The third-order valence-electron chi connectivity index (χ3n) is 4.27. The molecule has 1 aliphatic heterocycles. The van der Waals surface area contributed by atoms with Crippen LogP contribution in [0.3, 0.4) is 0 Å². The number of urea groups is 1. The van der Waals surface area contributed by atoms with Gasteiger partial charge < -0.3 is 10.2 Å². The zero-order valence-corrected chi connectivity index (χ0v) is 13.7. The van der Waals surface area contributed by atoms with Crippen molar-refractivity contribution in [2.45, 2.75) is 33.6 Å². The predicted octanol–water partition coefficient (Wildman–Crippen LogP) is 1.27. The van der Waals surface area contributed by atoms with Gasteiger partial charge in [0.15, 0.2) is 6.54 Å². The van der Waals surface area contributed by atoms with E-state index in [9.17, 15) is 9.59 Å². The molecular formula is C17H26N3O2+. The van der Waals surface area contributed by atoms with Crippen LogP contribution in [0.5, 0.6) is 0 Å². The highest BCUT2D eigenvalue weighted by atomic mass is 16.2. The summed E-state index contributed by atoms with van der Waals surface area (Å²) >= 11 is 0. The molecule has 1 heterocycles. The van der Waals surface area contributed by atoms with Crippen LogP contribution in [0.4, 0.5) is 10.5 Å². The summed E-state index contributed by atoms with van der Waals surface area (Å²) in [4.78, 5) is 25.1. The van der Waals surface area contributed by atoms with E-state index in [0.29, 0.717) is 6.54 Å². The molecule has 0 unspecified atom stereocenters. The minimum absolute atomic E-state index is 0.216. The van der Waals surface area contributed by atoms with E-state index in [1.165, 1.54) is 4.90 Å². The SMILES string of the molecule is Cc1ccc(NC(=O)NC(=O)C[NH+]2CCC(C)CC2)c(C)c1. The second-order valence-electron chi connectivity index (χ2n) is 6.43. The maximum absolute atomic E-state index is 11.9. The first-order valence-corrected chi connectivity index (χ1v) is 7.95. The van der Waals surface area contributed by atoms with Crippen molar-refractivity contribution in [1.29, 1.82) is 0 Å². The van der Waals surface area contributed by atoms with Crippen molar-refractivity contribution in [2.24, 2.45) is 5.92 Å². The Kier molecular flexibility index (Phi) is 5.55. The van der Waals surface area contributed by atoms with Crippen molar-refractivity contribution in [3.05, 3.63) is 29.3 Å². The van der Waals surface area contributed by atoms with Gasteiger partial charge in [-0.15, -0.1) is 0 Å². The molecule has 0 bridgehead atoms. The van der Waals surface area contributed by atoms with Crippen molar-refractivity contribution in [2.75, 3.05) is 25.0 Å². The number of rotatable bonds is 3. The smallest absolute Gasteiger partial charge is 0.326 e. The average molecular weight is 304 g/mol. The fourth-order valence-electron chi connectivity index (χ4n) is 2.85. The number of anilines is 1. The zero-order valence-electron chi connectivity index (χ0n) is 13.7. The van der Waals surface area contributed by atoms with Gasteiger partial charge in [-0.3, -0.25) is 10.1 Å². The van der Waals surface area contributed by atoms with Crippen molar-refractivity contribution in [3.8, 4) is 0 Å². The van der Waals surface area contributed by atoms with Crippen LogP contribution in [-0.2, 0) is 4.79 Å². The second-order valence-corrected chi connectivity index (χ2v) is 6.43. The maximum Gasteiger partial charge on any atom is 0.326 e. The highest BCUT2D eigenvalue weighted by Crippen LogP contribution is 2.15. The average Bonchev–Trinajstić information content (AvgIpc) is 2.44. The van der Waals surface area contributed by atoms with Crippen LogP contribution in [0.15, 0.2) is 18.2 Å². The highest BCUT2D eigenvalue weighted by molar-refractivity contribution is 6.01. The van der Waals surface area contributed by atoms with E-state index in [0.717, 1.165) is 48.7 Å². The molecular weight excluding hydrogens is 278 g/mol. The molecule has 5 heteroatoms. The summed E-state index contributed by atoms with van der Waals surface area (Å²) < 4.78 is 0. The molecule has 22 heavy (non-hydrogen) atoms. The number of carbonyl (C=O) groups is 2. The highest BCUT2D eigenvalue weighted by Gasteiger charge is 2.22. The zero-order chi connectivity index (χ0) is 16.1. The largest absolute Gasteiger partial charge is 0.327 e. The number of hydrogen-bond donors (Lipinski definition) is 3. The number of aryl methyl sites for hydroxylation is 2. The third kappa shape index (κ3) is 4.84. The summed E-state index contributed by atoms with van der Waals surface area (Å²) in [5, 5.41) is 5.15. The van der Waals surface area contributed by atoms with E-state index < -0.39 is 6.03 Å². The van der Waals surface area contributed by atoms with Crippen LogP contribution in [0.2, 0.25) is 0 Å². The molecule has 0 spiro atoms. The van der Waals surface area contributed by atoms with E-state index in [2.05, 4.69) is 17.6 Å². The van der Waals surface area contributed by atoms with E-state index >= 15 is 0 Å². The minimum atomic E-state index is -0.457. The lowest BCUT2D eigenvalue weighted by Crippen LogP contribution is -3.14. The molecule has 2 rings (SSSR count). The van der Waals surface area contributed by atoms with E-state index in [-0.39, 0.29) is 5.91 Å². The third-order valence-corrected chi connectivity index (χ3v) is 4.27. The second kappa shape index (κ2) is 7.40. The summed E-state index contributed by atoms with van der Waals surface area (Å²) in [6, 6.07) is 5.33. The number of imide groups is 1. The summed E-state index contributed by atoms with van der Waals surface area (Å²) in [7, 11) is 0. The van der Waals surface area contributed by atoms with Crippen molar-refractivity contribution >= 4 is 17.6 Å². The number of hydrogen-bond acceptors (Lipinski definition) is 2.